The van der Waals surface area contributed by atoms with Crippen LogP contribution in [0.25, 0.3) is 55.6 Å². The molecule has 0 saturated heterocycles. The number of pyridine rings is 3. The summed E-state index contributed by atoms with van der Waals surface area (Å²) in [5.41, 5.74) is 5.50. The maximum Gasteiger partial charge on any atom is 0.121 e. The van der Waals surface area contributed by atoms with Crippen LogP contribution in [0.15, 0.2) is 144 Å². The second kappa shape index (κ2) is 14.5. The van der Waals surface area contributed by atoms with E-state index < -0.39 is 20.1 Å². The van der Waals surface area contributed by atoms with Crippen LogP contribution in [0.5, 0.6) is 0 Å². The Morgan fingerprint density at radius 1 is 0.766 bits per heavy atom. The van der Waals surface area contributed by atoms with Gasteiger partial charge in [0.15, 0.2) is 0 Å². The van der Waals surface area contributed by atoms with Crippen LogP contribution in [-0.4, -0.2) is 15.0 Å². The topological polar surface area (TPSA) is 51.8 Å². The first-order chi connectivity index (χ1) is 25.8. The molecular weight excluding hydrogens is 755 g/mol. The van der Waals surface area contributed by atoms with Gasteiger partial charge in [0, 0.05) is 54.4 Å². The molecular formula is C42H31IrN3O-2. The largest absolute Gasteiger partial charge is 0.500 e. The van der Waals surface area contributed by atoms with Gasteiger partial charge < -0.3 is 19.4 Å². The third-order valence-corrected chi connectivity index (χ3v) is 7.37. The van der Waals surface area contributed by atoms with Gasteiger partial charge >= 0.3 is 0 Å². The third-order valence-electron chi connectivity index (χ3n) is 7.37. The Bertz CT molecular complexity index is 2540. The molecule has 1 radical (unpaired) electrons. The SMILES string of the molecule is [2H]C([2H])([2H])c1cc(-c2[c-]nc(C([2H])([2H])c3ccccc3)c3c2oc2ccccc23)ncc1-c1ccccc1.[2H]C([2H])([2H])c1ccc(-c2[c-]cccc2)nc1.[Ir]. The van der Waals surface area contributed by atoms with Crippen molar-refractivity contribution in [3.05, 3.63) is 174 Å². The van der Waals surface area contributed by atoms with Crippen LogP contribution in [0.4, 0.5) is 0 Å². The van der Waals surface area contributed by atoms with Crippen molar-refractivity contribution in [2.45, 2.75) is 20.1 Å². The van der Waals surface area contributed by atoms with Crippen LogP contribution in [0.2, 0.25) is 0 Å². The molecule has 0 aliphatic heterocycles. The Labute approximate surface area is 299 Å². The molecule has 0 atom stereocenters. The van der Waals surface area contributed by atoms with E-state index in [2.05, 4.69) is 27.2 Å². The van der Waals surface area contributed by atoms with Gasteiger partial charge in [-0.25, -0.2) is 0 Å². The second-order valence-corrected chi connectivity index (χ2v) is 10.4. The molecule has 0 unspecified atom stereocenters. The van der Waals surface area contributed by atoms with Crippen molar-refractivity contribution in [1.82, 2.24) is 15.0 Å². The quantitative estimate of drug-likeness (QED) is 0.163. The van der Waals surface area contributed by atoms with Gasteiger partial charge in [0.25, 0.3) is 0 Å². The summed E-state index contributed by atoms with van der Waals surface area (Å²) >= 11 is 0. The Morgan fingerprint density at radius 3 is 2.28 bits per heavy atom. The molecule has 0 N–H and O–H groups in total. The van der Waals surface area contributed by atoms with Crippen molar-refractivity contribution in [2.24, 2.45) is 0 Å². The molecule has 0 amide bonds. The minimum Gasteiger partial charge on any atom is -0.500 e. The molecule has 0 aliphatic carbocycles. The van der Waals surface area contributed by atoms with E-state index in [4.69, 9.17) is 15.4 Å². The molecule has 0 aliphatic rings. The van der Waals surface area contributed by atoms with Crippen molar-refractivity contribution in [3.8, 4) is 33.6 Å². The molecule has 0 fully saturated rings. The summed E-state index contributed by atoms with van der Waals surface area (Å²) in [6.07, 6.45) is 3.95. The van der Waals surface area contributed by atoms with Gasteiger partial charge in [-0.05, 0) is 71.5 Å². The van der Waals surface area contributed by atoms with E-state index in [0.717, 1.165) is 16.8 Å². The normalized spacial score (nSPS) is 14.0. The van der Waals surface area contributed by atoms with Gasteiger partial charge in [0.2, 0.25) is 0 Å². The molecule has 4 aromatic carbocycles. The number of aromatic nitrogens is 3. The first kappa shape index (κ1) is 23.2. The Balaban J connectivity index is 0.000000254. The molecule has 8 aromatic rings. The predicted octanol–water partition coefficient (Wildman–Crippen LogP) is 10.3. The van der Waals surface area contributed by atoms with Crippen molar-refractivity contribution in [2.75, 3.05) is 0 Å². The summed E-state index contributed by atoms with van der Waals surface area (Å²) in [5, 5.41) is 1.21. The van der Waals surface area contributed by atoms with Crippen LogP contribution in [0, 0.1) is 26.0 Å². The van der Waals surface area contributed by atoms with Gasteiger partial charge in [0.05, 0.1) is 5.58 Å². The summed E-state index contributed by atoms with van der Waals surface area (Å²) in [7, 11) is 0. The number of benzene rings is 4. The summed E-state index contributed by atoms with van der Waals surface area (Å²) in [6, 6.07) is 40.8. The van der Waals surface area contributed by atoms with E-state index >= 15 is 0 Å². The molecule has 5 heteroatoms. The molecule has 8 rings (SSSR count). The number of nitrogens with zero attached hydrogens (tertiary/aromatic N) is 3. The minimum atomic E-state index is -2.39. The molecule has 4 heterocycles. The van der Waals surface area contributed by atoms with Gasteiger partial charge in [-0.1, -0.05) is 108 Å². The fourth-order valence-electron chi connectivity index (χ4n) is 5.14. The smallest absolute Gasteiger partial charge is 0.121 e. The van der Waals surface area contributed by atoms with Crippen molar-refractivity contribution >= 4 is 21.9 Å². The first-order valence-electron chi connectivity index (χ1n) is 18.6. The molecule has 0 saturated carbocycles. The molecule has 231 valence electrons. The zero-order chi connectivity index (χ0) is 38.1. The van der Waals surface area contributed by atoms with E-state index in [-0.39, 0.29) is 36.9 Å². The number of fused-ring (bicyclic) bond motifs is 3. The van der Waals surface area contributed by atoms with Gasteiger partial charge in [-0.2, -0.15) is 0 Å². The standard InChI is InChI=1S/C30H21N2O.C12H10N.Ir/c1-20-16-26(31-18-24(20)22-12-6-3-7-13-22)25-19-32-27(17-21-10-4-2-5-11-21)29-23-14-8-9-15-28(23)33-30(25)29;1-10-7-8-12(13-9-10)11-5-3-2-4-6-11;/h2-16,18H,17H2,1H3;2-5,7-9H,1H3;/q2*-1;/i1D3,17D2;1D3;. The van der Waals surface area contributed by atoms with Crippen molar-refractivity contribution < 1.29 is 35.5 Å². The van der Waals surface area contributed by atoms with E-state index in [9.17, 15) is 0 Å². The molecule has 0 spiro atoms. The number of rotatable bonds is 5. The van der Waals surface area contributed by atoms with Crippen molar-refractivity contribution in [1.29, 1.82) is 0 Å². The minimum absolute atomic E-state index is 0. The zero-order valence-corrected chi connectivity index (χ0v) is 27.3. The van der Waals surface area contributed by atoms with Crippen LogP contribution in [0.3, 0.4) is 0 Å². The molecule has 47 heavy (non-hydrogen) atoms. The Kier molecular flexibility index (Phi) is 7.13. The summed E-state index contributed by atoms with van der Waals surface area (Å²) in [6.45, 7) is -4.49. The number of para-hydroxylation sites is 1. The van der Waals surface area contributed by atoms with Crippen LogP contribution in [-0.2, 0) is 26.5 Å². The third kappa shape index (κ3) is 6.97. The Morgan fingerprint density at radius 2 is 1.53 bits per heavy atom. The summed E-state index contributed by atoms with van der Waals surface area (Å²) in [4.78, 5) is 13.2. The van der Waals surface area contributed by atoms with E-state index in [1.54, 1.807) is 54.7 Å². The monoisotopic (exact) mass is 794 g/mol. The second-order valence-electron chi connectivity index (χ2n) is 10.4. The Hall–Kier alpha value is -5.22. The number of hydrogen-bond donors (Lipinski definition) is 0. The van der Waals surface area contributed by atoms with E-state index in [1.165, 1.54) is 12.3 Å². The first-order valence-corrected chi connectivity index (χ1v) is 14.6. The maximum absolute atomic E-state index is 8.97. The molecule has 4 aromatic heterocycles. The fraction of sp³-hybridized carbons (Fsp3) is 0.0714. The van der Waals surface area contributed by atoms with Crippen LogP contribution in [0.1, 0.15) is 33.4 Å². The molecule has 4 nitrogen and oxygen atoms in total. The fourth-order valence-corrected chi connectivity index (χ4v) is 5.14. The predicted molar refractivity (Wildman–Crippen MR) is 186 cm³/mol. The van der Waals surface area contributed by atoms with Crippen molar-refractivity contribution in [3.63, 3.8) is 0 Å². The average Bonchev–Trinajstić information content (AvgIpc) is 3.58. The summed E-state index contributed by atoms with van der Waals surface area (Å²) in [5.74, 6) is 0. The zero-order valence-electron chi connectivity index (χ0n) is 32.9. The number of aryl methyl sites for hydroxylation is 2. The summed E-state index contributed by atoms with van der Waals surface area (Å²) < 4.78 is 70.4. The maximum atomic E-state index is 8.97. The van der Waals surface area contributed by atoms with Crippen LogP contribution >= 0.6 is 0 Å². The van der Waals surface area contributed by atoms with Gasteiger partial charge in [-0.15, -0.1) is 35.9 Å². The van der Waals surface area contributed by atoms with E-state index in [1.807, 2.05) is 72.8 Å². The van der Waals surface area contributed by atoms with Gasteiger partial charge in [-0.3, -0.25) is 0 Å². The number of furan rings is 1. The van der Waals surface area contributed by atoms with Crippen LogP contribution < -0.4 is 0 Å². The van der Waals surface area contributed by atoms with E-state index in [0.29, 0.717) is 44.3 Å². The molecule has 0 bridgehead atoms. The van der Waals surface area contributed by atoms with Gasteiger partial charge in [0.1, 0.15) is 5.58 Å². The number of hydrogen-bond acceptors (Lipinski definition) is 4. The average molecular weight is 794 g/mol.